The Balaban J connectivity index is 2.06. The molecule has 0 unspecified atom stereocenters. The Morgan fingerprint density at radius 3 is 2.43 bits per heavy atom. The predicted molar refractivity (Wildman–Crippen MR) is 72.2 cm³/mol. The molecule has 0 spiro atoms. The summed E-state index contributed by atoms with van der Waals surface area (Å²) in [7, 11) is 1.54. The van der Waals surface area contributed by atoms with E-state index in [2.05, 4.69) is 5.32 Å². The van der Waals surface area contributed by atoms with E-state index in [-0.39, 0.29) is 12.1 Å². The third-order valence-electron chi connectivity index (χ3n) is 2.90. The van der Waals surface area contributed by atoms with Crippen LogP contribution in [0.25, 0.3) is 0 Å². The second-order valence-corrected chi connectivity index (χ2v) is 4.31. The van der Waals surface area contributed by atoms with Gasteiger partial charge >= 0.3 is 0 Å². The molecule has 0 fully saturated rings. The van der Waals surface area contributed by atoms with Crippen LogP contribution >= 0.6 is 0 Å². The van der Waals surface area contributed by atoms with Gasteiger partial charge in [0.1, 0.15) is 11.5 Å². The average molecular weight is 293 g/mol. The van der Waals surface area contributed by atoms with E-state index in [1.54, 1.807) is 31.4 Å². The van der Waals surface area contributed by atoms with Crippen LogP contribution in [0.15, 0.2) is 36.4 Å². The minimum absolute atomic E-state index is 0.182. The Kier molecular flexibility index (Phi) is 4.37. The van der Waals surface area contributed by atoms with E-state index in [0.717, 1.165) is 5.56 Å². The maximum Gasteiger partial charge on any atom is 0.255 e. The van der Waals surface area contributed by atoms with Gasteiger partial charge in [-0.15, -0.1) is 0 Å². The summed E-state index contributed by atoms with van der Waals surface area (Å²) < 4.78 is 31.0. The third-order valence-corrected chi connectivity index (χ3v) is 2.90. The molecule has 0 aliphatic carbocycles. The number of benzene rings is 2. The fourth-order valence-corrected chi connectivity index (χ4v) is 1.74. The summed E-state index contributed by atoms with van der Waals surface area (Å²) in [6.45, 7) is 0.182. The van der Waals surface area contributed by atoms with Crippen molar-refractivity contribution < 1.29 is 23.4 Å². The van der Waals surface area contributed by atoms with E-state index in [1.807, 2.05) is 0 Å². The number of halogens is 2. The number of rotatable bonds is 4. The van der Waals surface area contributed by atoms with Crippen molar-refractivity contribution >= 4 is 5.91 Å². The highest BCUT2D eigenvalue weighted by Crippen LogP contribution is 2.21. The fourth-order valence-electron chi connectivity index (χ4n) is 1.74. The molecule has 1 amide bonds. The van der Waals surface area contributed by atoms with Crippen LogP contribution < -0.4 is 10.1 Å². The van der Waals surface area contributed by atoms with Crippen LogP contribution in [0.4, 0.5) is 8.78 Å². The number of amides is 1. The number of nitrogens with one attached hydrogen (secondary N) is 1. The molecule has 0 atom stereocenters. The monoisotopic (exact) mass is 293 g/mol. The first kappa shape index (κ1) is 14.8. The van der Waals surface area contributed by atoms with Crippen molar-refractivity contribution in [3.05, 3.63) is 59.2 Å². The van der Waals surface area contributed by atoms with Gasteiger partial charge in [-0.2, -0.15) is 0 Å². The van der Waals surface area contributed by atoms with Gasteiger partial charge in [0.25, 0.3) is 5.91 Å². The summed E-state index contributed by atoms with van der Waals surface area (Å²) >= 11 is 0. The van der Waals surface area contributed by atoms with E-state index in [4.69, 9.17) is 4.74 Å². The molecule has 0 aliphatic heterocycles. The van der Waals surface area contributed by atoms with Gasteiger partial charge in [0, 0.05) is 12.6 Å². The average Bonchev–Trinajstić information content (AvgIpc) is 2.49. The van der Waals surface area contributed by atoms with Crippen LogP contribution in [-0.4, -0.2) is 18.1 Å². The first-order chi connectivity index (χ1) is 10.0. The van der Waals surface area contributed by atoms with Gasteiger partial charge < -0.3 is 15.2 Å². The van der Waals surface area contributed by atoms with Gasteiger partial charge in [-0.1, -0.05) is 12.1 Å². The van der Waals surface area contributed by atoms with E-state index >= 15 is 0 Å². The summed E-state index contributed by atoms with van der Waals surface area (Å²) in [6.07, 6.45) is 0. The molecule has 2 rings (SSSR count). The van der Waals surface area contributed by atoms with Gasteiger partial charge in [0.05, 0.1) is 12.7 Å². The van der Waals surface area contributed by atoms with Crippen molar-refractivity contribution in [2.75, 3.05) is 7.11 Å². The van der Waals surface area contributed by atoms with Crippen LogP contribution in [0.1, 0.15) is 15.9 Å². The second-order valence-electron chi connectivity index (χ2n) is 4.31. The van der Waals surface area contributed by atoms with Crippen LogP contribution in [0, 0.1) is 11.6 Å². The highest BCUT2D eigenvalue weighted by atomic mass is 19.2. The lowest BCUT2D eigenvalue weighted by molar-refractivity contribution is 0.0947. The van der Waals surface area contributed by atoms with Gasteiger partial charge in [-0.25, -0.2) is 8.78 Å². The van der Waals surface area contributed by atoms with E-state index < -0.39 is 23.3 Å². The standard InChI is InChI=1S/C15H13F2NO3/c1-21-10-4-2-9(3-5-10)8-18-15(20)11-6-12(16)13(17)7-14(11)19/h2-7,19H,8H2,1H3,(H,18,20). The number of hydrogen-bond donors (Lipinski definition) is 2. The van der Waals surface area contributed by atoms with Crippen LogP contribution in [0.5, 0.6) is 11.5 Å². The van der Waals surface area contributed by atoms with Gasteiger partial charge in [-0.3, -0.25) is 4.79 Å². The summed E-state index contributed by atoms with van der Waals surface area (Å²) in [6, 6.07) is 8.20. The number of carbonyl (C=O) groups is 1. The van der Waals surface area contributed by atoms with Crippen molar-refractivity contribution in [2.45, 2.75) is 6.54 Å². The summed E-state index contributed by atoms with van der Waals surface area (Å²) in [5.41, 5.74) is 0.480. The van der Waals surface area contributed by atoms with Crippen molar-refractivity contribution in [3.8, 4) is 11.5 Å². The molecule has 2 aromatic carbocycles. The Morgan fingerprint density at radius 2 is 1.81 bits per heavy atom. The predicted octanol–water partition coefficient (Wildman–Crippen LogP) is 2.61. The number of phenolic OH excluding ortho intramolecular Hbond substituents is 1. The van der Waals surface area contributed by atoms with Gasteiger partial charge in [-0.05, 0) is 23.8 Å². The van der Waals surface area contributed by atoms with Crippen LogP contribution in [0.2, 0.25) is 0 Å². The lowest BCUT2D eigenvalue weighted by atomic mass is 10.1. The summed E-state index contributed by atoms with van der Waals surface area (Å²) in [5, 5.41) is 12.0. The molecule has 6 heteroatoms. The number of hydrogen-bond acceptors (Lipinski definition) is 3. The summed E-state index contributed by atoms with van der Waals surface area (Å²) in [4.78, 5) is 11.8. The molecule has 2 aromatic rings. The van der Waals surface area contributed by atoms with E-state index in [1.165, 1.54) is 0 Å². The van der Waals surface area contributed by atoms with E-state index in [0.29, 0.717) is 17.9 Å². The molecular weight excluding hydrogens is 280 g/mol. The Bertz CT molecular complexity index is 657. The Morgan fingerprint density at radius 1 is 1.19 bits per heavy atom. The molecule has 21 heavy (non-hydrogen) atoms. The molecule has 2 N–H and O–H groups in total. The minimum Gasteiger partial charge on any atom is -0.507 e. The number of phenols is 1. The lowest BCUT2D eigenvalue weighted by Gasteiger charge is -2.08. The van der Waals surface area contributed by atoms with Gasteiger partial charge in [0.15, 0.2) is 11.6 Å². The number of ether oxygens (including phenoxy) is 1. The smallest absolute Gasteiger partial charge is 0.255 e. The van der Waals surface area contributed by atoms with Crippen molar-refractivity contribution in [2.24, 2.45) is 0 Å². The Hall–Kier alpha value is -2.63. The SMILES string of the molecule is COc1ccc(CNC(=O)c2cc(F)c(F)cc2O)cc1. The third kappa shape index (κ3) is 3.47. The number of carbonyl (C=O) groups excluding carboxylic acids is 1. The zero-order chi connectivity index (χ0) is 15.4. The number of methoxy groups -OCH3 is 1. The highest BCUT2D eigenvalue weighted by molar-refractivity contribution is 5.96. The quantitative estimate of drug-likeness (QED) is 0.911. The molecule has 0 heterocycles. The number of aromatic hydroxyl groups is 1. The molecule has 0 bridgehead atoms. The lowest BCUT2D eigenvalue weighted by Crippen LogP contribution is -2.23. The minimum atomic E-state index is -1.21. The first-order valence-electron chi connectivity index (χ1n) is 6.10. The molecule has 4 nitrogen and oxygen atoms in total. The van der Waals surface area contributed by atoms with Crippen molar-refractivity contribution in [3.63, 3.8) is 0 Å². The van der Waals surface area contributed by atoms with Crippen LogP contribution in [0.3, 0.4) is 0 Å². The normalized spacial score (nSPS) is 10.2. The second kappa shape index (κ2) is 6.21. The molecular formula is C15H13F2NO3. The highest BCUT2D eigenvalue weighted by Gasteiger charge is 2.15. The largest absolute Gasteiger partial charge is 0.507 e. The topological polar surface area (TPSA) is 58.6 Å². The fraction of sp³-hybridized carbons (Fsp3) is 0.133. The molecule has 0 saturated carbocycles. The maximum atomic E-state index is 13.1. The molecule has 0 aliphatic rings. The van der Waals surface area contributed by atoms with Gasteiger partial charge in [0.2, 0.25) is 0 Å². The first-order valence-corrected chi connectivity index (χ1v) is 6.10. The molecule has 0 aromatic heterocycles. The summed E-state index contributed by atoms with van der Waals surface area (Å²) in [5.74, 6) is -3.02. The Labute approximate surface area is 120 Å². The molecule has 0 saturated heterocycles. The van der Waals surface area contributed by atoms with Crippen LogP contribution in [-0.2, 0) is 6.54 Å². The van der Waals surface area contributed by atoms with Crippen molar-refractivity contribution in [1.82, 2.24) is 5.32 Å². The van der Waals surface area contributed by atoms with Crippen molar-refractivity contribution in [1.29, 1.82) is 0 Å². The zero-order valence-corrected chi connectivity index (χ0v) is 11.2. The zero-order valence-electron chi connectivity index (χ0n) is 11.2. The maximum absolute atomic E-state index is 13.1. The molecule has 0 radical (unpaired) electrons. The van der Waals surface area contributed by atoms with E-state index in [9.17, 15) is 18.7 Å². The molecule has 110 valence electrons.